The highest BCUT2D eigenvalue weighted by molar-refractivity contribution is 7.99. The molecule has 2 aliphatic heterocycles. The summed E-state index contributed by atoms with van der Waals surface area (Å²) >= 11 is 2.05. The molecule has 2 heterocycles. The number of aryl methyl sites for hydroxylation is 1. The van der Waals surface area contributed by atoms with Crippen molar-refractivity contribution in [3.63, 3.8) is 0 Å². The number of benzene rings is 1. The highest BCUT2D eigenvalue weighted by Gasteiger charge is 2.39. The lowest BCUT2D eigenvalue weighted by Gasteiger charge is -2.43. The molecule has 0 aromatic heterocycles. The molecule has 2 nitrogen and oxygen atoms in total. The Hall–Kier alpha value is -0.670. The van der Waals surface area contributed by atoms with Crippen LogP contribution in [-0.4, -0.2) is 29.8 Å². The summed E-state index contributed by atoms with van der Waals surface area (Å²) in [5.41, 5.74) is 1.47. The fourth-order valence-corrected chi connectivity index (χ4v) is 4.41. The van der Waals surface area contributed by atoms with Gasteiger partial charge in [-0.2, -0.15) is 11.8 Å². The van der Waals surface area contributed by atoms with E-state index in [0.29, 0.717) is 6.10 Å². The summed E-state index contributed by atoms with van der Waals surface area (Å²) in [6.45, 7) is 3.03. The normalized spacial score (nSPS) is 25.6. The Morgan fingerprint density at radius 3 is 2.70 bits per heavy atom. The van der Waals surface area contributed by atoms with Crippen LogP contribution in [0.5, 0.6) is 5.75 Å². The standard InChI is InChI=1S/C17H24O2S/c1-2-14-3-5-15(6-4-14)19-16-7-10-18-17(13-16)8-11-20-12-9-17/h3-6,16H,2,7-13H2,1H3. The van der Waals surface area contributed by atoms with Gasteiger partial charge in [-0.15, -0.1) is 0 Å². The second-order valence-electron chi connectivity index (χ2n) is 5.87. The first kappa shape index (κ1) is 14.3. The fraction of sp³-hybridized carbons (Fsp3) is 0.647. The van der Waals surface area contributed by atoms with Crippen molar-refractivity contribution in [1.82, 2.24) is 0 Å². The molecule has 2 fully saturated rings. The largest absolute Gasteiger partial charge is 0.490 e. The average molecular weight is 292 g/mol. The van der Waals surface area contributed by atoms with Gasteiger partial charge in [-0.25, -0.2) is 0 Å². The highest BCUT2D eigenvalue weighted by atomic mass is 32.2. The summed E-state index contributed by atoms with van der Waals surface area (Å²) in [6.07, 6.45) is 5.85. The molecule has 110 valence electrons. The lowest BCUT2D eigenvalue weighted by atomic mass is 9.86. The third-order valence-corrected chi connectivity index (χ3v) is 5.47. The monoisotopic (exact) mass is 292 g/mol. The van der Waals surface area contributed by atoms with Crippen molar-refractivity contribution < 1.29 is 9.47 Å². The molecule has 0 radical (unpaired) electrons. The van der Waals surface area contributed by atoms with E-state index in [1.165, 1.54) is 29.9 Å². The van der Waals surface area contributed by atoms with Crippen LogP contribution in [0.2, 0.25) is 0 Å². The van der Waals surface area contributed by atoms with Gasteiger partial charge in [0.2, 0.25) is 0 Å². The Balaban J connectivity index is 1.61. The second kappa shape index (κ2) is 6.40. The van der Waals surface area contributed by atoms with Crippen LogP contribution in [0, 0.1) is 0 Å². The molecule has 0 saturated carbocycles. The molecule has 0 N–H and O–H groups in total. The summed E-state index contributed by atoms with van der Waals surface area (Å²) in [5.74, 6) is 3.48. The quantitative estimate of drug-likeness (QED) is 0.836. The van der Waals surface area contributed by atoms with Gasteiger partial charge in [0.25, 0.3) is 0 Å². The average Bonchev–Trinajstić information content (AvgIpc) is 2.49. The topological polar surface area (TPSA) is 18.5 Å². The van der Waals surface area contributed by atoms with E-state index in [2.05, 4.69) is 43.0 Å². The molecule has 0 aliphatic carbocycles. The predicted molar refractivity (Wildman–Crippen MR) is 84.7 cm³/mol. The van der Waals surface area contributed by atoms with Gasteiger partial charge in [0.05, 0.1) is 12.2 Å². The van der Waals surface area contributed by atoms with Crippen molar-refractivity contribution in [3.05, 3.63) is 29.8 Å². The Morgan fingerprint density at radius 2 is 2.00 bits per heavy atom. The van der Waals surface area contributed by atoms with E-state index in [4.69, 9.17) is 9.47 Å². The Bertz CT molecular complexity index is 418. The summed E-state index contributed by atoms with van der Waals surface area (Å²) in [4.78, 5) is 0. The molecule has 1 atom stereocenters. The van der Waals surface area contributed by atoms with Crippen LogP contribution in [0.1, 0.15) is 38.2 Å². The zero-order valence-electron chi connectivity index (χ0n) is 12.3. The summed E-state index contributed by atoms with van der Waals surface area (Å²) in [5, 5.41) is 0. The number of thioether (sulfide) groups is 1. The Labute approximate surface area is 126 Å². The van der Waals surface area contributed by atoms with Gasteiger partial charge in [0.1, 0.15) is 11.9 Å². The van der Waals surface area contributed by atoms with E-state index in [1.54, 1.807) is 0 Å². The van der Waals surface area contributed by atoms with E-state index < -0.39 is 0 Å². The molecule has 3 heteroatoms. The molecule has 20 heavy (non-hydrogen) atoms. The molecular formula is C17H24O2S. The smallest absolute Gasteiger partial charge is 0.119 e. The van der Waals surface area contributed by atoms with Gasteiger partial charge < -0.3 is 9.47 Å². The minimum atomic E-state index is 0.109. The maximum atomic E-state index is 6.20. The van der Waals surface area contributed by atoms with Crippen molar-refractivity contribution >= 4 is 11.8 Å². The van der Waals surface area contributed by atoms with Crippen LogP contribution >= 0.6 is 11.8 Å². The SMILES string of the molecule is CCc1ccc(OC2CCOC3(CCSCC3)C2)cc1. The number of ether oxygens (including phenoxy) is 2. The molecule has 1 aromatic carbocycles. The second-order valence-corrected chi connectivity index (χ2v) is 7.10. The first-order chi connectivity index (χ1) is 9.80. The van der Waals surface area contributed by atoms with Crippen molar-refractivity contribution in [2.45, 2.75) is 50.7 Å². The van der Waals surface area contributed by atoms with E-state index in [-0.39, 0.29) is 5.60 Å². The minimum absolute atomic E-state index is 0.109. The first-order valence-corrected chi connectivity index (χ1v) is 8.92. The van der Waals surface area contributed by atoms with Gasteiger partial charge >= 0.3 is 0 Å². The van der Waals surface area contributed by atoms with Crippen molar-refractivity contribution in [3.8, 4) is 5.75 Å². The molecule has 3 rings (SSSR count). The van der Waals surface area contributed by atoms with Crippen molar-refractivity contribution in [2.75, 3.05) is 18.1 Å². The molecular weight excluding hydrogens is 268 g/mol. The predicted octanol–water partition coefficient (Wildman–Crippen LogP) is 4.07. The van der Waals surface area contributed by atoms with E-state index >= 15 is 0 Å². The van der Waals surface area contributed by atoms with E-state index in [0.717, 1.165) is 31.6 Å². The summed E-state index contributed by atoms with van der Waals surface area (Å²) in [6, 6.07) is 8.55. The number of hydrogen-bond acceptors (Lipinski definition) is 3. The lowest BCUT2D eigenvalue weighted by molar-refractivity contribution is -0.116. The molecule has 2 saturated heterocycles. The zero-order valence-corrected chi connectivity index (χ0v) is 13.1. The van der Waals surface area contributed by atoms with Crippen LogP contribution in [0.3, 0.4) is 0 Å². The third kappa shape index (κ3) is 3.32. The lowest BCUT2D eigenvalue weighted by Crippen LogP contribution is -2.46. The number of rotatable bonds is 3. The van der Waals surface area contributed by atoms with Crippen LogP contribution in [0.15, 0.2) is 24.3 Å². The Kier molecular flexibility index (Phi) is 4.57. The van der Waals surface area contributed by atoms with Gasteiger partial charge in [-0.3, -0.25) is 0 Å². The van der Waals surface area contributed by atoms with Gasteiger partial charge in [0, 0.05) is 12.8 Å². The van der Waals surface area contributed by atoms with Gasteiger partial charge in [-0.1, -0.05) is 19.1 Å². The van der Waals surface area contributed by atoms with Crippen molar-refractivity contribution in [2.24, 2.45) is 0 Å². The molecule has 1 unspecified atom stereocenters. The maximum absolute atomic E-state index is 6.20. The van der Waals surface area contributed by atoms with Crippen molar-refractivity contribution in [1.29, 1.82) is 0 Å². The molecule has 0 bridgehead atoms. The van der Waals surface area contributed by atoms with E-state index in [9.17, 15) is 0 Å². The maximum Gasteiger partial charge on any atom is 0.119 e. The van der Waals surface area contributed by atoms with Crippen LogP contribution in [-0.2, 0) is 11.2 Å². The molecule has 2 aliphatic rings. The summed E-state index contributed by atoms with van der Waals surface area (Å²) in [7, 11) is 0. The van der Waals surface area contributed by atoms with Crippen LogP contribution < -0.4 is 4.74 Å². The van der Waals surface area contributed by atoms with Gasteiger partial charge in [0.15, 0.2) is 0 Å². The molecule has 1 spiro atoms. The highest BCUT2D eigenvalue weighted by Crippen LogP contribution is 2.38. The summed E-state index contributed by atoms with van der Waals surface area (Å²) < 4.78 is 12.3. The number of hydrogen-bond donors (Lipinski definition) is 0. The minimum Gasteiger partial charge on any atom is -0.490 e. The van der Waals surface area contributed by atoms with Gasteiger partial charge in [-0.05, 0) is 48.5 Å². The Morgan fingerprint density at radius 1 is 1.25 bits per heavy atom. The van der Waals surface area contributed by atoms with Crippen LogP contribution in [0.4, 0.5) is 0 Å². The van der Waals surface area contributed by atoms with Crippen LogP contribution in [0.25, 0.3) is 0 Å². The fourth-order valence-electron chi connectivity index (χ4n) is 3.17. The first-order valence-electron chi connectivity index (χ1n) is 7.77. The molecule has 0 amide bonds. The third-order valence-electron chi connectivity index (χ3n) is 4.49. The van der Waals surface area contributed by atoms with E-state index in [1.807, 2.05) is 0 Å². The zero-order chi connectivity index (χ0) is 13.8. The molecule has 1 aromatic rings.